The van der Waals surface area contributed by atoms with Gasteiger partial charge in [0.25, 0.3) is 5.91 Å². The van der Waals surface area contributed by atoms with Crippen LogP contribution in [0, 0.1) is 5.82 Å². The van der Waals surface area contributed by atoms with Crippen LogP contribution in [0.2, 0.25) is 5.02 Å². The Kier molecular flexibility index (Phi) is 5.38. The molecule has 1 N–H and O–H groups in total. The lowest BCUT2D eigenvalue weighted by atomic mass is 10.1. The molecule has 0 bridgehead atoms. The summed E-state index contributed by atoms with van der Waals surface area (Å²) in [5.41, 5.74) is 3.98. The van der Waals surface area contributed by atoms with Gasteiger partial charge in [-0.2, -0.15) is 13.8 Å². The Labute approximate surface area is 191 Å². The van der Waals surface area contributed by atoms with E-state index in [0.717, 1.165) is 22.7 Å². The molecule has 1 amide bonds. The highest BCUT2D eigenvalue weighted by molar-refractivity contribution is 6.99. The van der Waals surface area contributed by atoms with Crippen LogP contribution in [0.25, 0.3) is 27.8 Å². The summed E-state index contributed by atoms with van der Waals surface area (Å²) >= 11 is 7.52. The Morgan fingerprint density at radius 3 is 2.66 bits per heavy atom. The molecule has 0 atom stereocenters. The monoisotopic (exact) mass is 463 g/mol. The van der Waals surface area contributed by atoms with Crippen molar-refractivity contribution in [3.8, 4) is 16.9 Å². The minimum atomic E-state index is -0.340. The van der Waals surface area contributed by atoms with Gasteiger partial charge in [-0.3, -0.25) is 4.79 Å². The lowest BCUT2D eigenvalue weighted by Gasteiger charge is -2.06. The number of halogens is 2. The molecule has 158 valence electrons. The van der Waals surface area contributed by atoms with Gasteiger partial charge >= 0.3 is 0 Å². The van der Waals surface area contributed by atoms with Gasteiger partial charge in [-0.15, -0.1) is 0 Å². The number of fused-ring (bicyclic) bond motifs is 1. The molecule has 0 aliphatic heterocycles. The highest BCUT2D eigenvalue weighted by atomic mass is 35.5. The first-order valence-corrected chi connectivity index (χ1v) is 10.8. The molecule has 0 spiro atoms. The minimum absolute atomic E-state index is 0.244. The summed E-state index contributed by atoms with van der Waals surface area (Å²) in [7, 11) is 0. The van der Waals surface area contributed by atoms with Crippen molar-refractivity contribution in [3.63, 3.8) is 0 Å². The largest absolute Gasteiger partial charge is 0.346 e. The third-order valence-electron chi connectivity index (χ3n) is 4.98. The molecule has 0 radical (unpaired) electrons. The van der Waals surface area contributed by atoms with Crippen molar-refractivity contribution in [2.75, 3.05) is 0 Å². The van der Waals surface area contributed by atoms with Crippen LogP contribution in [-0.2, 0) is 6.54 Å². The predicted octanol–water partition coefficient (Wildman–Crippen LogP) is 5.27. The fourth-order valence-electron chi connectivity index (χ4n) is 3.42. The summed E-state index contributed by atoms with van der Waals surface area (Å²) in [6.45, 7) is 0.287. The normalized spacial score (nSPS) is 11.1. The standard InChI is InChI=1S/C23H15ClFN5OS/c24-20-4-2-1-3-18(20)22-19-10-5-14(23(31)26-12-16-13-27-32-29-16)11-21(19)30(28-22)17-8-6-15(25)7-9-17/h1-11,13H,12H2,(H,26,31). The van der Waals surface area contributed by atoms with Gasteiger partial charge in [0.05, 0.1) is 46.4 Å². The zero-order valence-corrected chi connectivity index (χ0v) is 18.1. The Balaban J connectivity index is 1.61. The van der Waals surface area contributed by atoms with E-state index in [9.17, 15) is 9.18 Å². The van der Waals surface area contributed by atoms with E-state index in [1.54, 1.807) is 41.2 Å². The zero-order valence-electron chi connectivity index (χ0n) is 16.5. The van der Waals surface area contributed by atoms with Crippen molar-refractivity contribution in [2.24, 2.45) is 0 Å². The first kappa shape index (κ1) is 20.3. The summed E-state index contributed by atoms with van der Waals surface area (Å²) in [4.78, 5) is 12.8. The maximum absolute atomic E-state index is 13.5. The molecular formula is C23H15ClFN5OS. The summed E-state index contributed by atoms with van der Waals surface area (Å²) in [6, 6.07) is 18.8. The molecule has 2 heterocycles. The maximum Gasteiger partial charge on any atom is 0.251 e. The van der Waals surface area contributed by atoms with Crippen LogP contribution in [0.5, 0.6) is 0 Å². The number of aromatic nitrogens is 4. The summed E-state index contributed by atoms with van der Waals surface area (Å²) in [5.74, 6) is -0.584. The Morgan fingerprint density at radius 1 is 1.09 bits per heavy atom. The van der Waals surface area contributed by atoms with E-state index in [1.165, 1.54) is 12.1 Å². The van der Waals surface area contributed by atoms with Gasteiger partial charge in [0.15, 0.2) is 0 Å². The van der Waals surface area contributed by atoms with Crippen molar-refractivity contribution in [2.45, 2.75) is 6.54 Å². The number of amides is 1. The van der Waals surface area contributed by atoms with Crippen molar-refractivity contribution in [1.82, 2.24) is 23.8 Å². The number of carbonyl (C=O) groups excluding carboxylic acids is 1. The van der Waals surface area contributed by atoms with Gasteiger partial charge in [-0.25, -0.2) is 9.07 Å². The Hall–Kier alpha value is -3.62. The first-order valence-electron chi connectivity index (χ1n) is 9.68. The van der Waals surface area contributed by atoms with E-state index >= 15 is 0 Å². The number of benzene rings is 3. The van der Waals surface area contributed by atoms with E-state index in [-0.39, 0.29) is 18.3 Å². The van der Waals surface area contributed by atoms with Gasteiger partial charge in [-0.05, 0) is 48.5 Å². The van der Waals surface area contributed by atoms with Crippen LogP contribution in [0.15, 0.2) is 72.9 Å². The second-order valence-corrected chi connectivity index (χ2v) is 7.99. The summed E-state index contributed by atoms with van der Waals surface area (Å²) in [5, 5.41) is 9.00. The molecule has 0 fully saturated rings. The number of carbonyl (C=O) groups is 1. The van der Waals surface area contributed by atoms with Crippen LogP contribution in [0.3, 0.4) is 0 Å². The van der Waals surface area contributed by atoms with Gasteiger partial charge in [0.2, 0.25) is 0 Å². The average molecular weight is 464 g/mol. The van der Waals surface area contributed by atoms with E-state index in [1.807, 2.05) is 24.3 Å². The quantitative estimate of drug-likeness (QED) is 0.385. The molecule has 5 rings (SSSR count). The molecule has 32 heavy (non-hydrogen) atoms. The fourth-order valence-corrected chi connectivity index (χ4v) is 4.08. The van der Waals surface area contributed by atoms with E-state index in [2.05, 4.69) is 14.1 Å². The second kappa shape index (κ2) is 8.49. The second-order valence-electron chi connectivity index (χ2n) is 7.03. The number of hydrogen-bond donors (Lipinski definition) is 1. The lowest BCUT2D eigenvalue weighted by Crippen LogP contribution is -2.22. The van der Waals surface area contributed by atoms with Crippen molar-refractivity contribution in [3.05, 3.63) is 95.0 Å². The van der Waals surface area contributed by atoms with Gasteiger partial charge < -0.3 is 5.32 Å². The highest BCUT2D eigenvalue weighted by Crippen LogP contribution is 2.34. The summed E-state index contributed by atoms with van der Waals surface area (Å²) in [6.07, 6.45) is 1.62. The Bertz CT molecular complexity index is 1420. The van der Waals surface area contributed by atoms with Crippen LogP contribution < -0.4 is 5.32 Å². The molecule has 2 aromatic heterocycles. The smallest absolute Gasteiger partial charge is 0.251 e. The predicted molar refractivity (Wildman–Crippen MR) is 123 cm³/mol. The van der Waals surface area contributed by atoms with Crippen LogP contribution in [-0.4, -0.2) is 24.4 Å². The van der Waals surface area contributed by atoms with Crippen LogP contribution in [0.4, 0.5) is 4.39 Å². The molecular weight excluding hydrogens is 449 g/mol. The SMILES string of the molecule is O=C(NCc1cnsn1)c1ccc2c(-c3ccccc3Cl)nn(-c3ccc(F)cc3)c2c1. The number of hydrogen-bond acceptors (Lipinski definition) is 5. The molecule has 0 unspecified atom stereocenters. The fraction of sp³-hybridized carbons (Fsp3) is 0.0435. The average Bonchev–Trinajstić information content (AvgIpc) is 3.46. The third kappa shape index (κ3) is 3.86. The maximum atomic E-state index is 13.5. The summed E-state index contributed by atoms with van der Waals surface area (Å²) < 4.78 is 23.2. The first-order chi connectivity index (χ1) is 15.6. The molecule has 3 aromatic carbocycles. The zero-order chi connectivity index (χ0) is 22.1. The number of rotatable bonds is 5. The van der Waals surface area contributed by atoms with Crippen LogP contribution >= 0.6 is 23.3 Å². The topological polar surface area (TPSA) is 72.7 Å². The number of nitrogens with zero attached hydrogens (tertiary/aromatic N) is 4. The van der Waals surface area contributed by atoms with Crippen molar-refractivity contribution in [1.29, 1.82) is 0 Å². The Morgan fingerprint density at radius 2 is 1.91 bits per heavy atom. The molecule has 6 nitrogen and oxygen atoms in total. The van der Waals surface area contributed by atoms with Crippen molar-refractivity contribution < 1.29 is 9.18 Å². The van der Waals surface area contributed by atoms with E-state index in [0.29, 0.717) is 33.2 Å². The van der Waals surface area contributed by atoms with Crippen molar-refractivity contribution >= 4 is 40.1 Å². The molecule has 0 aliphatic carbocycles. The molecule has 0 aliphatic rings. The highest BCUT2D eigenvalue weighted by Gasteiger charge is 2.18. The lowest BCUT2D eigenvalue weighted by molar-refractivity contribution is 0.0950. The number of nitrogens with one attached hydrogen (secondary N) is 1. The molecule has 0 saturated carbocycles. The molecule has 0 saturated heterocycles. The van der Waals surface area contributed by atoms with E-state index < -0.39 is 0 Å². The van der Waals surface area contributed by atoms with Gasteiger partial charge in [-0.1, -0.05) is 29.8 Å². The molecule has 5 aromatic rings. The van der Waals surface area contributed by atoms with Gasteiger partial charge in [0.1, 0.15) is 11.5 Å². The van der Waals surface area contributed by atoms with E-state index in [4.69, 9.17) is 16.7 Å². The third-order valence-corrected chi connectivity index (χ3v) is 5.83. The van der Waals surface area contributed by atoms with Gasteiger partial charge in [0, 0.05) is 16.5 Å². The minimum Gasteiger partial charge on any atom is -0.346 e. The molecule has 9 heteroatoms. The van der Waals surface area contributed by atoms with Crippen LogP contribution in [0.1, 0.15) is 16.1 Å².